The highest BCUT2D eigenvalue weighted by molar-refractivity contribution is 9.10. The maximum atomic E-state index is 12.2. The molecule has 5 nitrogen and oxygen atoms in total. The van der Waals surface area contributed by atoms with Crippen molar-refractivity contribution in [2.75, 3.05) is 6.61 Å². The molecule has 0 fully saturated rings. The van der Waals surface area contributed by atoms with E-state index in [1.54, 1.807) is 24.3 Å². The zero-order valence-electron chi connectivity index (χ0n) is 14.4. The fraction of sp³-hybridized carbons (Fsp3) is 0.263. The molecule has 0 radical (unpaired) electrons. The van der Waals surface area contributed by atoms with Crippen molar-refractivity contribution >= 4 is 50.0 Å². The van der Waals surface area contributed by atoms with Gasteiger partial charge in [-0.1, -0.05) is 23.2 Å². The molecule has 27 heavy (non-hydrogen) atoms. The first-order valence-corrected chi connectivity index (χ1v) is 9.83. The second-order valence-corrected chi connectivity index (χ2v) is 7.84. The van der Waals surface area contributed by atoms with Crippen molar-refractivity contribution in [3.63, 3.8) is 0 Å². The van der Waals surface area contributed by atoms with Gasteiger partial charge in [0.1, 0.15) is 5.75 Å². The van der Waals surface area contributed by atoms with E-state index in [4.69, 9.17) is 32.4 Å². The van der Waals surface area contributed by atoms with Crippen molar-refractivity contribution in [2.45, 2.75) is 26.3 Å². The van der Waals surface area contributed by atoms with Gasteiger partial charge in [-0.2, -0.15) is 0 Å². The lowest BCUT2D eigenvalue weighted by molar-refractivity contribution is 0.301. The van der Waals surface area contributed by atoms with Crippen LogP contribution >= 0.6 is 39.1 Å². The van der Waals surface area contributed by atoms with Crippen molar-refractivity contribution in [1.82, 2.24) is 4.57 Å². The molecule has 0 saturated heterocycles. The average molecular weight is 473 g/mol. The molecular weight excluding hydrogens is 457 g/mol. The number of unbranched alkanes of at least 4 members (excludes halogenated alkanes) is 1. The van der Waals surface area contributed by atoms with Crippen LogP contribution in [0.2, 0.25) is 10.0 Å². The third kappa shape index (κ3) is 4.75. The third-order valence-electron chi connectivity index (χ3n) is 3.98. The number of aromatic nitrogens is 1. The second-order valence-electron chi connectivity index (χ2n) is 6.11. The zero-order chi connectivity index (χ0) is 19.6. The number of aryl methyl sites for hydroxylation is 2. The topological polar surface area (TPSA) is 61.4 Å². The lowest BCUT2D eigenvalue weighted by Gasteiger charge is -2.11. The highest BCUT2D eigenvalue weighted by atomic mass is 79.9. The molecule has 1 aromatic heterocycles. The van der Waals surface area contributed by atoms with E-state index in [1.165, 1.54) is 4.57 Å². The first-order chi connectivity index (χ1) is 12.8. The van der Waals surface area contributed by atoms with Crippen LogP contribution in [0.4, 0.5) is 0 Å². The third-order valence-corrected chi connectivity index (χ3v) is 5.02. The number of hydrogen-bond acceptors (Lipinski definition) is 4. The van der Waals surface area contributed by atoms with Gasteiger partial charge >= 0.3 is 11.4 Å². The highest BCUT2D eigenvalue weighted by Crippen LogP contribution is 2.25. The summed E-state index contributed by atoms with van der Waals surface area (Å²) in [6.45, 7) is 2.72. The Hall–Kier alpha value is -1.76. The van der Waals surface area contributed by atoms with Crippen molar-refractivity contribution in [2.24, 2.45) is 0 Å². The van der Waals surface area contributed by atoms with Gasteiger partial charge in [0.05, 0.1) is 17.5 Å². The molecule has 2 aromatic carbocycles. The summed E-state index contributed by atoms with van der Waals surface area (Å²) >= 11 is 15.3. The Morgan fingerprint density at radius 2 is 1.78 bits per heavy atom. The minimum absolute atomic E-state index is 0.381. The van der Waals surface area contributed by atoms with Gasteiger partial charge < -0.3 is 9.15 Å². The Balaban J connectivity index is 1.70. The summed E-state index contributed by atoms with van der Waals surface area (Å²) < 4.78 is 12.7. The quantitative estimate of drug-likeness (QED) is 0.463. The number of ether oxygens (including phenoxy) is 1. The molecule has 0 saturated carbocycles. The van der Waals surface area contributed by atoms with Gasteiger partial charge in [0, 0.05) is 21.1 Å². The summed E-state index contributed by atoms with van der Waals surface area (Å²) in [4.78, 5) is 24.2. The van der Waals surface area contributed by atoms with Gasteiger partial charge in [0.2, 0.25) is 0 Å². The maximum Gasteiger partial charge on any atom is 0.422 e. The Kier molecular flexibility index (Phi) is 6.29. The van der Waals surface area contributed by atoms with Crippen LogP contribution in [0.3, 0.4) is 0 Å². The van der Waals surface area contributed by atoms with Gasteiger partial charge in [0.15, 0.2) is 0 Å². The van der Waals surface area contributed by atoms with Crippen LogP contribution in [0.25, 0.3) is 10.9 Å². The minimum atomic E-state index is -0.667. The molecule has 0 atom stereocenters. The Morgan fingerprint density at radius 1 is 1.07 bits per heavy atom. The highest BCUT2D eigenvalue weighted by Gasteiger charge is 2.13. The molecule has 0 amide bonds. The van der Waals surface area contributed by atoms with Crippen LogP contribution in [0.5, 0.6) is 5.75 Å². The summed E-state index contributed by atoms with van der Waals surface area (Å²) in [5, 5.41) is 1.40. The van der Waals surface area contributed by atoms with E-state index in [-0.39, 0.29) is 0 Å². The van der Waals surface area contributed by atoms with Gasteiger partial charge in [-0.3, -0.25) is 4.57 Å². The van der Waals surface area contributed by atoms with E-state index >= 15 is 0 Å². The number of halogens is 3. The lowest BCUT2D eigenvalue weighted by atomic mass is 10.1. The molecule has 0 aliphatic rings. The van der Waals surface area contributed by atoms with E-state index in [0.717, 1.165) is 5.56 Å². The fourth-order valence-electron chi connectivity index (χ4n) is 2.82. The largest absolute Gasteiger partial charge is 0.493 e. The van der Waals surface area contributed by atoms with Gasteiger partial charge in [-0.25, -0.2) is 9.59 Å². The first-order valence-electron chi connectivity index (χ1n) is 8.28. The van der Waals surface area contributed by atoms with Crippen LogP contribution in [0.1, 0.15) is 18.4 Å². The predicted octanol–water partition coefficient (Wildman–Crippen LogP) is 5.19. The standard InChI is InChI=1S/C19H16BrCl2NO4/c1-11-6-15-17(16(20)7-11)23(19(25)27-18(15)24)4-2-3-5-26-14-9-12(21)8-13(22)10-14/h6-10H,2-5H2,1H3. The number of nitrogens with zero attached hydrogens (tertiary/aromatic N) is 1. The lowest BCUT2D eigenvalue weighted by Crippen LogP contribution is -2.25. The molecule has 8 heteroatoms. The number of fused-ring (bicyclic) bond motifs is 1. The van der Waals surface area contributed by atoms with Crippen LogP contribution in [0.15, 0.2) is 48.8 Å². The smallest absolute Gasteiger partial charge is 0.422 e. The maximum absolute atomic E-state index is 12.2. The summed E-state index contributed by atoms with van der Waals surface area (Å²) in [7, 11) is 0. The second kappa shape index (κ2) is 8.50. The van der Waals surface area contributed by atoms with E-state index in [2.05, 4.69) is 15.9 Å². The summed E-state index contributed by atoms with van der Waals surface area (Å²) in [5.74, 6) is -0.0707. The minimum Gasteiger partial charge on any atom is -0.493 e. The molecule has 0 unspecified atom stereocenters. The van der Waals surface area contributed by atoms with E-state index in [9.17, 15) is 9.59 Å². The zero-order valence-corrected chi connectivity index (χ0v) is 17.5. The normalized spacial score (nSPS) is 11.1. The van der Waals surface area contributed by atoms with Crippen LogP contribution in [0, 0.1) is 6.92 Å². The Morgan fingerprint density at radius 3 is 2.48 bits per heavy atom. The van der Waals surface area contributed by atoms with E-state index < -0.39 is 11.4 Å². The van der Waals surface area contributed by atoms with Crippen molar-refractivity contribution < 1.29 is 9.15 Å². The first kappa shape index (κ1) is 20.0. The van der Waals surface area contributed by atoms with Crippen molar-refractivity contribution in [3.05, 3.63) is 71.4 Å². The van der Waals surface area contributed by atoms with Crippen LogP contribution in [-0.4, -0.2) is 11.2 Å². The SMILES string of the molecule is Cc1cc(Br)c2c(c1)c(=O)oc(=O)n2CCCCOc1cc(Cl)cc(Cl)c1. The van der Waals surface area contributed by atoms with Gasteiger partial charge in [-0.05, 0) is 71.6 Å². The van der Waals surface area contributed by atoms with E-state index in [0.29, 0.717) is 57.2 Å². The van der Waals surface area contributed by atoms with Crippen molar-refractivity contribution in [3.8, 4) is 5.75 Å². The van der Waals surface area contributed by atoms with E-state index in [1.807, 2.05) is 13.0 Å². The van der Waals surface area contributed by atoms with Gasteiger partial charge in [0.25, 0.3) is 0 Å². The molecule has 142 valence electrons. The number of rotatable bonds is 6. The Labute approximate surface area is 173 Å². The summed E-state index contributed by atoms with van der Waals surface area (Å²) in [6.07, 6.45) is 1.36. The molecule has 0 aliphatic carbocycles. The molecular formula is C19H16BrCl2NO4. The summed E-state index contributed by atoms with van der Waals surface area (Å²) in [5.41, 5.74) is 0.821. The number of benzene rings is 2. The molecule has 0 aliphatic heterocycles. The molecule has 0 bridgehead atoms. The molecule has 0 spiro atoms. The number of hydrogen-bond donors (Lipinski definition) is 0. The summed E-state index contributed by atoms with van der Waals surface area (Å²) in [6, 6.07) is 8.60. The monoisotopic (exact) mass is 471 g/mol. The Bertz CT molecular complexity index is 1090. The molecule has 3 rings (SSSR count). The fourth-order valence-corrected chi connectivity index (χ4v) is 4.12. The molecule has 1 heterocycles. The molecule has 0 N–H and O–H groups in total. The van der Waals surface area contributed by atoms with Crippen LogP contribution < -0.4 is 16.1 Å². The van der Waals surface area contributed by atoms with Gasteiger partial charge in [-0.15, -0.1) is 0 Å². The molecule has 3 aromatic rings. The average Bonchev–Trinajstić information content (AvgIpc) is 2.56. The van der Waals surface area contributed by atoms with Crippen molar-refractivity contribution in [1.29, 1.82) is 0 Å². The van der Waals surface area contributed by atoms with Crippen LogP contribution in [-0.2, 0) is 6.54 Å². The predicted molar refractivity (Wildman–Crippen MR) is 110 cm³/mol.